The molecule has 0 radical (unpaired) electrons. The molecule has 2 aromatic carbocycles. The van der Waals surface area contributed by atoms with Crippen LogP contribution < -0.4 is 10.9 Å². The molecule has 8 nitrogen and oxygen atoms in total. The van der Waals surface area contributed by atoms with E-state index in [0.29, 0.717) is 0 Å². The first-order chi connectivity index (χ1) is 12.0. The van der Waals surface area contributed by atoms with Crippen LogP contribution in [0.2, 0.25) is 0 Å². The fourth-order valence-electron chi connectivity index (χ4n) is 2.27. The summed E-state index contributed by atoms with van der Waals surface area (Å²) in [6, 6.07) is 8.18. The zero-order valence-corrected chi connectivity index (χ0v) is 13.1. The Bertz CT molecular complexity index is 1010. The highest BCUT2D eigenvalue weighted by atomic mass is 16.5. The average Bonchev–Trinajstić information content (AvgIpc) is 2.56. The average molecular weight is 342 g/mol. The summed E-state index contributed by atoms with van der Waals surface area (Å²) in [5.74, 6) is -0.220. The number of carbonyl (C=O) groups excluding carboxylic acids is 1. The van der Waals surface area contributed by atoms with E-state index in [-0.39, 0.29) is 46.2 Å². The number of rotatable bonds is 3. The van der Waals surface area contributed by atoms with E-state index in [1.165, 1.54) is 36.4 Å². The molecule has 3 N–H and O–H groups in total. The summed E-state index contributed by atoms with van der Waals surface area (Å²) in [5.41, 5.74) is 0.0930. The second kappa shape index (κ2) is 6.52. The molecule has 1 amide bonds. The van der Waals surface area contributed by atoms with E-state index in [1.807, 2.05) is 0 Å². The number of hydrogen-bond acceptors (Lipinski definition) is 7. The van der Waals surface area contributed by atoms with Gasteiger partial charge in [0.25, 0.3) is 5.56 Å². The van der Waals surface area contributed by atoms with Crippen LogP contribution in [0.1, 0.15) is 6.92 Å². The fourth-order valence-corrected chi connectivity index (χ4v) is 2.27. The summed E-state index contributed by atoms with van der Waals surface area (Å²) in [7, 11) is 0. The SMILES string of the molecule is CCOC(=O)Nc1cc(O)ccc1-c1nc(=O)c2cc(O)ccc2o1. The molecular formula is C17H14N2O6. The van der Waals surface area contributed by atoms with Gasteiger partial charge in [0.2, 0.25) is 5.89 Å². The van der Waals surface area contributed by atoms with E-state index in [2.05, 4.69) is 10.3 Å². The first-order valence-corrected chi connectivity index (χ1v) is 7.39. The lowest BCUT2D eigenvalue weighted by atomic mass is 10.1. The largest absolute Gasteiger partial charge is 0.508 e. The lowest BCUT2D eigenvalue weighted by molar-refractivity contribution is 0.168. The van der Waals surface area contributed by atoms with Crippen molar-refractivity contribution in [2.75, 3.05) is 11.9 Å². The molecule has 8 heteroatoms. The number of aromatic hydroxyl groups is 2. The van der Waals surface area contributed by atoms with Gasteiger partial charge in [-0.05, 0) is 37.3 Å². The second-order valence-electron chi connectivity index (χ2n) is 5.08. The van der Waals surface area contributed by atoms with E-state index < -0.39 is 11.7 Å². The van der Waals surface area contributed by atoms with Gasteiger partial charge in [-0.2, -0.15) is 4.98 Å². The quantitative estimate of drug-likeness (QED) is 0.669. The van der Waals surface area contributed by atoms with Gasteiger partial charge in [0.05, 0.1) is 23.2 Å². The van der Waals surface area contributed by atoms with E-state index in [9.17, 15) is 19.8 Å². The minimum atomic E-state index is -0.720. The molecule has 0 saturated carbocycles. The van der Waals surface area contributed by atoms with Gasteiger partial charge >= 0.3 is 6.09 Å². The molecule has 25 heavy (non-hydrogen) atoms. The Hall–Kier alpha value is -3.55. The van der Waals surface area contributed by atoms with Crippen molar-refractivity contribution in [1.82, 2.24) is 4.98 Å². The predicted octanol–water partition coefficient (Wildman–Crippen LogP) is 2.83. The first kappa shape index (κ1) is 16.3. The number of aromatic nitrogens is 1. The lowest BCUT2D eigenvalue weighted by Crippen LogP contribution is -2.14. The predicted molar refractivity (Wildman–Crippen MR) is 89.7 cm³/mol. The zero-order valence-electron chi connectivity index (χ0n) is 13.1. The highest BCUT2D eigenvalue weighted by Gasteiger charge is 2.15. The van der Waals surface area contributed by atoms with Crippen molar-refractivity contribution in [2.24, 2.45) is 0 Å². The summed E-state index contributed by atoms with van der Waals surface area (Å²) < 4.78 is 10.4. The van der Waals surface area contributed by atoms with E-state index in [4.69, 9.17) is 9.15 Å². The van der Waals surface area contributed by atoms with Gasteiger partial charge in [0.1, 0.15) is 17.1 Å². The van der Waals surface area contributed by atoms with Gasteiger partial charge < -0.3 is 19.4 Å². The third kappa shape index (κ3) is 3.37. The molecule has 128 valence electrons. The van der Waals surface area contributed by atoms with Crippen LogP contribution >= 0.6 is 0 Å². The molecule has 3 rings (SSSR count). The highest BCUT2D eigenvalue weighted by Crippen LogP contribution is 2.31. The number of phenolic OH excluding ortho intramolecular Hbond substituents is 2. The van der Waals surface area contributed by atoms with Crippen LogP contribution in [0, 0.1) is 0 Å². The van der Waals surface area contributed by atoms with Crippen LogP contribution in [0.4, 0.5) is 10.5 Å². The Kier molecular flexibility index (Phi) is 4.25. The molecule has 0 aliphatic carbocycles. The van der Waals surface area contributed by atoms with Crippen molar-refractivity contribution >= 4 is 22.7 Å². The summed E-state index contributed by atoms with van der Waals surface area (Å²) in [5, 5.41) is 21.7. The van der Waals surface area contributed by atoms with Crippen LogP contribution in [0.5, 0.6) is 11.5 Å². The molecule has 1 aromatic heterocycles. The molecule has 0 bridgehead atoms. The summed E-state index contributed by atoms with van der Waals surface area (Å²) in [6.45, 7) is 1.83. The maximum absolute atomic E-state index is 12.2. The number of phenols is 2. The zero-order chi connectivity index (χ0) is 18.0. The molecule has 0 unspecified atom stereocenters. The summed E-state index contributed by atoms with van der Waals surface area (Å²) >= 11 is 0. The third-order valence-electron chi connectivity index (χ3n) is 3.35. The Labute approximate surface area is 141 Å². The van der Waals surface area contributed by atoms with E-state index >= 15 is 0 Å². The van der Waals surface area contributed by atoms with Gasteiger partial charge in [-0.15, -0.1) is 0 Å². The van der Waals surface area contributed by atoms with E-state index in [1.54, 1.807) is 6.92 Å². The Morgan fingerprint density at radius 3 is 2.68 bits per heavy atom. The van der Waals surface area contributed by atoms with Gasteiger partial charge in [0, 0.05) is 6.07 Å². The number of benzene rings is 2. The van der Waals surface area contributed by atoms with Crippen LogP contribution in [-0.2, 0) is 4.74 Å². The Morgan fingerprint density at radius 1 is 1.20 bits per heavy atom. The number of nitrogens with zero attached hydrogens (tertiary/aromatic N) is 1. The van der Waals surface area contributed by atoms with Gasteiger partial charge in [0.15, 0.2) is 0 Å². The maximum Gasteiger partial charge on any atom is 0.411 e. The van der Waals surface area contributed by atoms with E-state index in [0.717, 1.165) is 0 Å². The lowest BCUT2D eigenvalue weighted by Gasteiger charge is -2.10. The Balaban J connectivity index is 2.13. The first-order valence-electron chi connectivity index (χ1n) is 7.39. The summed E-state index contributed by atoms with van der Waals surface area (Å²) in [6.07, 6.45) is -0.720. The van der Waals surface area contributed by atoms with Gasteiger partial charge in [-0.1, -0.05) is 0 Å². The number of hydrogen-bond donors (Lipinski definition) is 3. The highest BCUT2D eigenvalue weighted by molar-refractivity contribution is 5.91. The normalized spacial score (nSPS) is 10.6. The standard InChI is InChI=1S/C17H14N2O6/c1-2-24-17(23)18-13-8-10(21)3-5-11(13)16-19-15(22)12-7-9(20)4-6-14(12)25-16/h3-8,20-21H,2H2,1H3,(H,18,23). The molecule has 0 saturated heterocycles. The number of nitrogens with one attached hydrogen (secondary N) is 1. The van der Waals surface area contributed by atoms with Crippen LogP contribution in [0.25, 0.3) is 22.4 Å². The number of carbonyl (C=O) groups is 1. The molecular weight excluding hydrogens is 328 g/mol. The monoisotopic (exact) mass is 342 g/mol. The van der Waals surface area contributed by atoms with Crippen molar-refractivity contribution in [3.05, 3.63) is 46.8 Å². The number of ether oxygens (including phenoxy) is 1. The third-order valence-corrected chi connectivity index (χ3v) is 3.35. The molecule has 0 atom stereocenters. The van der Waals surface area contributed by atoms with Crippen molar-refractivity contribution in [2.45, 2.75) is 6.92 Å². The molecule has 3 aromatic rings. The van der Waals surface area contributed by atoms with Gasteiger partial charge in [-0.3, -0.25) is 10.1 Å². The van der Waals surface area contributed by atoms with Crippen molar-refractivity contribution in [3.63, 3.8) is 0 Å². The van der Waals surface area contributed by atoms with Crippen molar-refractivity contribution < 1.29 is 24.2 Å². The minimum absolute atomic E-state index is 0.0463. The number of amides is 1. The van der Waals surface area contributed by atoms with Crippen LogP contribution in [0.15, 0.2) is 45.6 Å². The van der Waals surface area contributed by atoms with Crippen LogP contribution in [0.3, 0.4) is 0 Å². The minimum Gasteiger partial charge on any atom is -0.508 e. The molecule has 0 aliphatic rings. The van der Waals surface area contributed by atoms with Crippen molar-refractivity contribution in [1.29, 1.82) is 0 Å². The smallest absolute Gasteiger partial charge is 0.411 e. The van der Waals surface area contributed by atoms with Gasteiger partial charge in [-0.25, -0.2) is 4.79 Å². The maximum atomic E-state index is 12.2. The molecule has 0 fully saturated rings. The second-order valence-corrected chi connectivity index (χ2v) is 5.08. The molecule has 0 spiro atoms. The molecule has 0 aliphatic heterocycles. The Morgan fingerprint density at radius 2 is 1.92 bits per heavy atom. The summed E-state index contributed by atoms with van der Waals surface area (Å²) in [4.78, 5) is 27.7. The topological polar surface area (TPSA) is 122 Å². The number of anilines is 1. The molecule has 1 heterocycles. The van der Waals surface area contributed by atoms with Crippen LogP contribution in [-0.4, -0.2) is 27.9 Å². The number of fused-ring (bicyclic) bond motifs is 1. The fraction of sp³-hybridized carbons (Fsp3) is 0.118. The van der Waals surface area contributed by atoms with Crippen molar-refractivity contribution in [3.8, 4) is 23.0 Å².